The molecule has 0 spiro atoms. The summed E-state index contributed by atoms with van der Waals surface area (Å²) in [5.74, 6) is 0.225. The fourth-order valence-corrected chi connectivity index (χ4v) is 1.96. The summed E-state index contributed by atoms with van der Waals surface area (Å²) in [7, 11) is 0. The highest BCUT2D eigenvalue weighted by Crippen LogP contribution is 2.23. The van der Waals surface area contributed by atoms with Crippen LogP contribution in [0, 0.1) is 13.8 Å². The Morgan fingerprint density at radius 1 is 1.33 bits per heavy atom. The highest BCUT2D eigenvalue weighted by Gasteiger charge is 2.20. The summed E-state index contributed by atoms with van der Waals surface area (Å²) in [4.78, 5) is 11.8. The highest BCUT2D eigenvalue weighted by atomic mass is 16.6. The molecule has 0 radical (unpaired) electrons. The molecule has 1 unspecified atom stereocenters. The molecule has 1 rings (SSSR count). The Hall–Kier alpha value is -1.75. The molecule has 0 fully saturated rings. The zero-order chi connectivity index (χ0) is 16.2. The van der Waals surface area contributed by atoms with Gasteiger partial charge in [0.25, 0.3) is 0 Å². The Kier molecular flexibility index (Phi) is 5.61. The van der Waals surface area contributed by atoms with Crippen molar-refractivity contribution in [1.82, 2.24) is 5.32 Å². The molecule has 0 aliphatic heterocycles. The molecule has 1 atom stereocenters. The molecule has 5 nitrogen and oxygen atoms in total. The van der Waals surface area contributed by atoms with Crippen LogP contribution in [0.15, 0.2) is 12.1 Å². The molecule has 1 aromatic carbocycles. The van der Waals surface area contributed by atoms with Crippen molar-refractivity contribution in [2.75, 3.05) is 6.54 Å². The van der Waals surface area contributed by atoms with E-state index < -0.39 is 11.7 Å². The first-order valence-corrected chi connectivity index (χ1v) is 7.11. The highest BCUT2D eigenvalue weighted by molar-refractivity contribution is 5.68. The molecule has 1 amide bonds. The Labute approximate surface area is 126 Å². The number of alkyl carbamates (subject to hydrolysis) is 1. The molecule has 5 heteroatoms. The number of benzene rings is 1. The van der Waals surface area contributed by atoms with Crippen LogP contribution >= 0.6 is 0 Å². The van der Waals surface area contributed by atoms with E-state index in [9.17, 15) is 9.90 Å². The van der Waals surface area contributed by atoms with E-state index in [2.05, 4.69) is 5.32 Å². The van der Waals surface area contributed by atoms with E-state index in [0.29, 0.717) is 6.42 Å². The van der Waals surface area contributed by atoms with Crippen molar-refractivity contribution < 1.29 is 14.6 Å². The van der Waals surface area contributed by atoms with Gasteiger partial charge in [0, 0.05) is 12.6 Å². The number of carbonyl (C=O) groups excluding carboxylic acids is 1. The molecular weight excluding hydrogens is 268 g/mol. The predicted octanol–water partition coefficient (Wildman–Crippen LogP) is 2.40. The molecular formula is C16H26N2O3. The summed E-state index contributed by atoms with van der Waals surface area (Å²) < 4.78 is 5.21. The second-order valence-corrected chi connectivity index (χ2v) is 6.35. The first kappa shape index (κ1) is 17.3. The van der Waals surface area contributed by atoms with Crippen LogP contribution < -0.4 is 11.1 Å². The molecule has 0 aliphatic rings. The lowest BCUT2D eigenvalue weighted by atomic mass is 9.99. The molecule has 4 N–H and O–H groups in total. The Morgan fingerprint density at radius 2 is 1.90 bits per heavy atom. The fourth-order valence-electron chi connectivity index (χ4n) is 1.96. The van der Waals surface area contributed by atoms with Crippen LogP contribution in [-0.4, -0.2) is 29.4 Å². The summed E-state index contributed by atoms with van der Waals surface area (Å²) in [6.07, 6.45) is -0.0378. The van der Waals surface area contributed by atoms with E-state index in [-0.39, 0.29) is 18.3 Å². The van der Waals surface area contributed by atoms with Gasteiger partial charge in [0.05, 0.1) is 0 Å². The van der Waals surface area contributed by atoms with Crippen LogP contribution in [0.2, 0.25) is 0 Å². The number of rotatable bonds is 4. The van der Waals surface area contributed by atoms with Gasteiger partial charge in [0.2, 0.25) is 0 Å². The van der Waals surface area contributed by atoms with Crippen LogP contribution in [0.4, 0.5) is 4.79 Å². The number of nitrogens with one attached hydrogen (secondary N) is 1. The van der Waals surface area contributed by atoms with Crippen molar-refractivity contribution in [3.8, 4) is 5.75 Å². The number of hydrogen-bond donors (Lipinski definition) is 3. The molecule has 0 heterocycles. The average Bonchev–Trinajstić information content (AvgIpc) is 2.32. The van der Waals surface area contributed by atoms with Crippen molar-refractivity contribution in [2.24, 2.45) is 5.73 Å². The van der Waals surface area contributed by atoms with E-state index in [1.165, 1.54) is 0 Å². The van der Waals surface area contributed by atoms with Crippen molar-refractivity contribution in [3.63, 3.8) is 0 Å². The van der Waals surface area contributed by atoms with Gasteiger partial charge in [0.15, 0.2) is 0 Å². The van der Waals surface area contributed by atoms with Gasteiger partial charge >= 0.3 is 6.09 Å². The minimum Gasteiger partial charge on any atom is -0.508 e. The molecule has 118 valence electrons. The maximum atomic E-state index is 11.8. The third-order valence-corrected chi connectivity index (χ3v) is 3.17. The minimum absolute atomic E-state index is 0.225. The van der Waals surface area contributed by atoms with Crippen molar-refractivity contribution in [2.45, 2.75) is 52.7 Å². The number of phenols is 1. The van der Waals surface area contributed by atoms with Gasteiger partial charge in [0.1, 0.15) is 11.4 Å². The van der Waals surface area contributed by atoms with E-state index >= 15 is 0 Å². The summed E-state index contributed by atoms with van der Waals surface area (Å²) in [5.41, 5.74) is 8.04. The molecule has 1 aromatic rings. The molecule has 0 saturated heterocycles. The number of phenolic OH excluding ortho intramolecular Hbond substituents is 1. The predicted molar refractivity (Wildman–Crippen MR) is 83.5 cm³/mol. The smallest absolute Gasteiger partial charge is 0.407 e. The lowest BCUT2D eigenvalue weighted by Gasteiger charge is -2.23. The van der Waals surface area contributed by atoms with Crippen LogP contribution in [0.25, 0.3) is 0 Å². The Bertz CT molecular complexity index is 507. The Morgan fingerprint density at radius 3 is 2.43 bits per heavy atom. The van der Waals surface area contributed by atoms with Crippen molar-refractivity contribution in [3.05, 3.63) is 28.8 Å². The minimum atomic E-state index is -0.550. The summed E-state index contributed by atoms with van der Waals surface area (Å²) in [6, 6.07) is 3.36. The number of aromatic hydroxyl groups is 1. The fraction of sp³-hybridized carbons (Fsp3) is 0.562. The maximum absolute atomic E-state index is 11.8. The largest absolute Gasteiger partial charge is 0.508 e. The molecule has 0 aliphatic carbocycles. The van der Waals surface area contributed by atoms with E-state index in [1.54, 1.807) is 26.8 Å². The van der Waals surface area contributed by atoms with E-state index in [1.807, 2.05) is 19.9 Å². The van der Waals surface area contributed by atoms with Gasteiger partial charge in [-0.2, -0.15) is 0 Å². The normalized spacial score (nSPS) is 12.9. The van der Waals surface area contributed by atoms with Crippen LogP contribution in [0.3, 0.4) is 0 Å². The number of nitrogens with two attached hydrogens (primary N) is 1. The van der Waals surface area contributed by atoms with Crippen LogP contribution in [0.1, 0.15) is 37.5 Å². The van der Waals surface area contributed by atoms with E-state index in [4.69, 9.17) is 10.5 Å². The second kappa shape index (κ2) is 6.80. The summed E-state index contributed by atoms with van der Waals surface area (Å²) >= 11 is 0. The quantitative estimate of drug-likeness (QED) is 0.796. The van der Waals surface area contributed by atoms with Gasteiger partial charge in [-0.15, -0.1) is 0 Å². The average molecular weight is 294 g/mol. The molecule has 0 aromatic heterocycles. The number of amides is 1. The van der Waals surface area contributed by atoms with Gasteiger partial charge in [-0.1, -0.05) is 6.07 Å². The molecule has 0 bridgehead atoms. The van der Waals surface area contributed by atoms with Gasteiger partial charge in [-0.3, -0.25) is 0 Å². The summed E-state index contributed by atoms with van der Waals surface area (Å²) in [6.45, 7) is 9.61. The lowest BCUT2D eigenvalue weighted by molar-refractivity contribution is 0.0505. The van der Waals surface area contributed by atoms with Crippen molar-refractivity contribution in [1.29, 1.82) is 0 Å². The number of hydrogen-bond acceptors (Lipinski definition) is 4. The second-order valence-electron chi connectivity index (χ2n) is 6.35. The first-order chi connectivity index (χ1) is 9.62. The number of ether oxygens (including phenoxy) is 1. The van der Waals surface area contributed by atoms with Gasteiger partial charge in [-0.05, 0) is 63.8 Å². The SMILES string of the molecule is Cc1cc(O)c(CC(CN)NC(=O)OC(C)(C)C)cc1C. The third-order valence-electron chi connectivity index (χ3n) is 3.17. The van der Waals surface area contributed by atoms with E-state index in [0.717, 1.165) is 16.7 Å². The number of carbonyl (C=O) groups is 1. The van der Waals surface area contributed by atoms with Gasteiger partial charge in [-0.25, -0.2) is 4.79 Å². The third kappa shape index (κ3) is 5.63. The zero-order valence-electron chi connectivity index (χ0n) is 13.5. The molecule has 21 heavy (non-hydrogen) atoms. The molecule has 0 saturated carbocycles. The topological polar surface area (TPSA) is 84.6 Å². The first-order valence-electron chi connectivity index (χ1n) is 7.11. The number of aryl methyl sites for hydroxylation is 2. The van der Waals surface area contributed by atoms with Gasteiger partial charge < -0.3 is 20.9 Å². The van der Waals surface area contributed by atoms with Crippen LogP contribution in [0.5, 0.6) is 5.75 Å². The monoisotopic (exact) mass is 294 g/mol. The van der Waals surface area contributed by atoms with Crippen LogP contribution in [-0.2, 0) is 11.2 Å². The standard InChI is InChI=1S/C16H26N2O3/c1-10-6-12(14(19)7-11(10)2)8-13(9-17)18-15(20)21-16(3,4)5/h6-7,13,19H,8-9,17H2,1-5H3,(H,18,20). The Balaban J connectivity index is 2.75. The zero-order valence-corrected chi connectivity index (χ0v) is 13.5. The summed E-state index contributed by atoms with van der Waals surface area (Å²) in [5, 5.41) is 12.7. The van der Waals surface area contributed by atoms with Crippen molar-refractivity contribution >= 4 is 6.09 Å². The lowest BCUT2D eigenvalue weighted by Crippen LogP contribution is -2.44. The maximum Gasteiger partial charge on any atom is 0.407 e.